The van der Waals surface area contributed by atoms with E-state index in [1.165, 1.54) is 38.0 Å². The molecule has 1 saturated heterocycles. The van der Waals surface area contributed by atoms with E-state index in [-0.39, 0.29) is 0 Å². The van der Waals surface area contributed by atoms with Gasteiger partial charge in [-0.05, 0) is 45.3 Å². The van der Waals surface area contributed by atoms with E-state index in [1.54, 1.807) is 0 Å². The van der Waals surface area contributed by atoms with Crippen molar-refractivity contribution >= 4 is 0 Å². The van der Waals surface area contributed by atoms with E-state index in [0.29, 0.717) is 0 Å². The molecule has 15 heavy (non-hydrogen) atoms. The lowest BCUT2D eigenvalue weighted by Gasteiger charge is -2.29. The van der Waals surface area contributed by atoms with Crippen LogP contribution in [0, 0.1) is 0 Å². The molecule has 0 saturated carbocycles. The van der Waals surface area contributed by atoms with Gasteiger partial charge in [0.25, 0.3) is 0 Å². The zero-order valence-corrected chi connectivity index (χ0v) is 10.7. The molecule has 0 aliphatic carbocycles. The summed E-state index contributed by atoms with van der Waals surface area (Å²) in [6, 6.07) is 0. The van der Waals surface area contributed by atoms with E-state index >= 15 is 0 Å². The summed E-state index contributed by atoms with van der Waals surface area (Å²) in [7, 11) is 0. The van der Waals surface area contributed by atoms with Gasteiger partial charge in [-0.2, -0.15) is 0 Å². The molecule has 0 spiro atoms. The second-order valence-electron chi connectivity index (χ2n) is 3.77. The lowest BCUT2D eigenvalue weighted by Crippen LogP contribution is -2.27. The Kier molecular flexibility index (Phi) is 7.88. The standard InChI is InChI=1S/C11H20N2.C2H6/c1-10(12)6-7-11(2)13-8-4-3-5-9-13;1-2/h6-7H,3-5,8-9,12H2,1-2H3;1-2H3/b10-6+,11-7+;. The SMILES string of the molecule is C/C(N)=C\C=C(/C)N1CCCCC1.CC. The first kappa shape index (κ1) is 14.1. The number of hydrogen-bond acceptors (Lipinski definition) is 2. The van der Waals surface area contributed by atoms with Crippen molar-refractivity contribution in [1.29, 1.82) is 0 Å². The highest BCUT2D eigenvalue weighted by atomic mass is 15.1. The molecular formula is C13H26N2. The van der Waals surface area contributed by atoms with Crippen LogP contribution in [0.15, 0.2) is 23.5 Å². The molecule has 1 rings (SSSR count). The lowest BCUT2D eigenvalue weighted by atomic mass is 10.1. The van der Waals surface area contributed by atoms with Crippen LogP contribution in [0.5, 0.6) is 0 Å². The maximum atomic E-state index is 5.57. The molecule has 1 aliphatic rings. The molecule has 0 aromatic rings. The number of rotatable bonds is 2. The third-order valence-corrected chi connectivity index (χ3v) is 2.44. The van der Waals surface area contributed by atoms with Crippen molar-refractivity contribution in [2.24, 2.45) is 5.73 Å². The molecule has 0 radical (unpaired) electrons. The lowest BCUT2D eigenvalue weighted by molar-refractivity contribution is 0.286. The minimum Gasteiger partial charge on any atom is -0.402 e. The Morgan fingerprint density at radius 3 is 2.00 bits per heavy atom. The average Bonchev–Trinajstić information content (AvgIpc) is 2.30. The van der Waals surface area contributed by atoms with Gasteiger partial charge < -0.3 is 10.6 Å². The van der Waals surface area contributed by atoms with Gasteiger partial charge in [-0.25, -0.2) is 0 Å². The predicted molar refractivity (Wildman–Crippen MR) is 68.5 cm³/mol. The third kappa shape index (κ3) is 6.21. The molecule has 0 unspecified atom stereocenters. The first-order valence-corrected chi connectivity index (χ1v) is 6.06. The maximum absolute atomic E-state index is 5.57. The van der Waals surface area contributed by atoms with Crippen molar-refractivity contribution in [3.8, 4) is 0 Å². The summed E-state index contributed by atoms with van der Waals surface area (Å²) >= 11 is 0. The van der Waals surface area contributed by atoms with Crippen LogP contribution in [0.2, 0.25) is 0 Å². The average molecular weight is 210 g/mol. The Labute approximate surface area is 94.8 Å². The molecule has 2 heteroatoms. The van der Waals surface area contributed by atoms with Crippen molar-refractivity contribution in [1.82, 2.24) is 4.90 Å². The van der Waals surface area contributed by atoms with Crippen LogP contribution in [-0.2, 0) is 0 Å². The second kappa shape index (κ2) is 8.39. The fraction of sp³-hybridized carbons (Fsp3) is 0.692. The number of likely N-dealkylation sites (tertiary alicyclic amines) is 1. The second-order valence-corrected chi connectivity index (χ2v) is 3.77. The Morgan fingerprint density at radius 1 is 1.00 bits per heavy atom. The number of nitrogens with zero attached hydrogens (tertiary/aromatic N) is 1. The number of nitrogens with two attached hydrogens (primary N) is 1. The van der Waals surface area contributed by atoms with Crippen LogP contribution in [-0.4, -0.2) is 18.0 Å². The van der Waals surface area contributed by atoms with Gasteiger partial charge in [-0.15, -0.1) is 0 Å². The number of hydrogen-bond donors (Lipinski definition) is 1. The molecule has 1 fully saturated rings. The Hall–Kier alpha value is -0.920. The van der Waals surface area contributed by atoms with E-state index in [9.17, 15) is 0 Å². The summed E-state index contributed by atoms with van der Waals surface area (Å²) < 4.78 is 0. The molecule has 88 valence electrons. The summed E-state index contributed by atoms with van der Waals surface area (Å²) in [5, 5.41) is 0. The minimum atomic E-state index is 0.872. The molecule has 0 bridgehead atoms. The maximum Gasteiger partial charge on any atom is 0.0174 e. The van der Waals surface area contributed by atoms with Gasteiger partial charge in [0.2, 0.25) is 0 Å². The van der Waals surface area contributed by atoms with Gasteiger partial charge in [0.1, 0.15) is 0 Å². The van der Waals surface area contributed by atoms with Crippen molar-refractivity contribution in [2.75, 3.05) is 13.1 Å². The zero-order chi connectivity index (χ0) is 11.7. The molecular weight excluding hydrogens is 184 g/mol. The van der Waals surface area contributed by atoms with Crippen molar-refractivity contribution in [2.45, 2.75) is 47.0 Å². The van der Waals surface area contributed by atoms with Crippen LogP contribution in [0.4, 0.5) is 0 Å². The molecule has 0 aromatic carbocycles. The molecule has 0 atom stereocenters. The molecule has 1 heterocycles. The molecule has 0 amide bonds. The van der Waals surface area contributed by atoms with Crippen LogP contribution < -0.4 is 5.73 Å². The fourth-order valence-electron chi connectivity index (χ4n) is 1.60. The largest absolute Gasteiger partial charge is 0.402 e. The molecule has 2 N–H and O–H groups in total. The first-order valence-electron chi connectivity index (χ1n) is 6.06. The van der Waals surface area contributed by atoms with E-state index < -0.39 is 0 Å². The van der Waals surface area contributed by atoms with Crippen LogP contribution in [0.3, 0.4) is 0 Å². The quantitative estimate of drug-likeness (QED) is 0.709. The van der Waals surface area contributed by atoms with Gasteiger partial charge in [0.05, 0.1) is 0 Å². The van der Waals surface area contributed by atoms with E-state index in [1.807, 2.05) is 26.8 Å². The van der Waals surface area contributed by atoms with Gasteiger partial charge in [0.15, 0.2) is 0 Å². The Bertz CT molecular complexity index is 207. The van der Waals surface area contributed by atoms with E-state index in [4.69, 9.17) is 5.73 Å². The molecule has 0 aromatic heterocycles. The zero-order valence-electron chi connectivity index (χ0n) is 10.7. The predicted octanol–water partition coefficient (Wildman–Crippen LogP) is 3.26. The van der Waals surface area contributed by atoms with Crippen molar-refractivity contribution in [3.63, 3.8) is 0 Å². The minimum absolute atomic E-state index is 0.872. The highest BCUT2D eigenvalue weighted by molar-refractivity contribution is 5.13. The third-order valence-electron chi connectivity index (χ3n) is 2.44. The topological polar surface area (TPSA) is 29.3 Å². The summed E-state index contributed by atoms with van der Waals surface area (Å²) in [5.74, 6) is 0. The van der Waals surface area contributed by atoms with Crippen molar-refractivity contribution < 1.29 is 0 Å². The summed E-state index contributed by atoms with van der Waals surface area (Å²) in [5.41, 5.74) is 7.78. The first-order chi connectivity index (χ1) is 7.20. The van der Waals surface area contributed by atoms with Crippen LogP contribution in [0.1, 0.15) is 47.0 Å². The van der Waals surface area contributed by atoms with E-state index in [0.717, 1.165) is 5.70 Å². The normalized spacial score (nSPS) is 18.3. The fourth-order valence-corrected chi connectivity index (χ4v) is 1.60. The van der Waals surface area contributed by atoms with Crippen LogP contribution in [0.25, 0.3) is 0 Å². The van der Waals surface area contributed by atoms with E-state index in [2.05, 4.69) is 17.9 Å². The van der Waals surface area contributed by atoms with Gasteiger partial charge >= 0.3 is 0 Å². The highest BCUT2D eigenvalue weighted by Gasteiger charge is 2.08. The summed E-state index contributed by atoms with van der Waals surface area (Å²) in [6.07, 6.45) is 8.13. The molecule has 2 nitrogen and oxygen atoms in total. The smallest absolute Gasteiger partial charge is 0.0174 e. The van der Waals surface area contributed by atoms with Gasteiger partial charge in [-0.3, -0.25) is 0 Å². The highest BCUT2D eigenvalue weighted by Crippen LogP contribution is 2.14. The van der Waals surface area contributed by atoms with Gasteiger partial charge in [-0.1, -0.05) is 13.8 Å². The van der Waals surface area contributed by atoms with Crippen LogP contribution >= 0.6 is 0 Å². The van der Waals surface area contributed by atoms with Crippen molar-refractivity contribution in [3.05, 3.63) is 23.5 Å². The Morgan fingerprint density at radius 2 is 1.53 bits per heavy atom. The molecule has 1 aliphatic heterocycles. The Balaban J connectivity index is 0.000000921. The number of piperidine rings is 1. The monoisotopic (exact) mass is 210 g/mol. The summed E-state index contributed by atoms with van der Waals surface area (Å²) in [6.45, 7) is 10.5. The van der Waals surface area contributed by atoms with Gasteiger partial charge in [0, 0.05) is 24.5 Å². The summed E-state index contributed by atoms with van der Waals surface area (Å²) in [4.78, 5) is 2.43. The number of allylic oxidation sites excluding steroid dienone is 4.